The molecule has 1 rings (SSSR count). The van der Waals surface area contributed by atoms with Crippen molar-refractivity contribution in [2.24, 2.45) is 0 Å². The first-order valence-electron chi connectivity index (χ1n) is 6.47. The highest BCUT2D eigenvalue weighted by molar-refractivity contribution is 5.45. The first kappa shape index (κ1) is 14.9. The topological polar surface area (TPSA) is 18.5 Å². The van der Waals surface area contributed by atoms with Crippen molar-refractivity contribution >= 4 is 0 Å². The fourth-order valence-corrected chi connectivity index (χ4v) is 1.64. The maximum Gasteiger partial charge on any atom is 0.123 e. The van der Waals surface area contributed by atoms with Gasteiger partial charge in [-0.25, -0.2) is 0 Å². The molecule has 2 nitrogen and oxygen atoms in total. The van der Waals surface area contributed by atoms with Gasteiger partial charge in [0.2, 0.25) is 0 Å². The van der Waals surface area contributed by atoms with Crippen LogP contribution in [-0.2, 0) is 0 Å². The lowest BCUT2D eigenvalue weighted by atomic mass is 10.1. The minimum Gasteiger partial charge on any atom is -0.488 e. The highest BCUT2D eigenvalue weighted by Crippen LogP contribution is 2.31. The van der Waals surface area contributed by atoms with Gasteiger partial charge in [0.1, 0.15) is 22.7 Å². The van der Waals surface area contributed by atoms with Crippen LogP contribution in [0.3, 0.4) is 0 Å². The smallest absolute Gasteiger partial charge is 0.123 e. The molecule has 0 saturated heterocycles. The molecule has 0 aliphatic carbocycles. The second-order valence-electron chi connectivity index (χ2n) is 6.81. The summed E-state index contributed by atoms with van der Waals surface area (Å²) in [4.78, 5) is 0. The highest BCUT2D eigenvalue weighted by atomic mass is 16.5. The predicted octanol–water partition coefficient (Wildman–Crippen LogP) is 4.66. The highest BCUT2D eigenvalue weighted by Gasteiger charge is 2.17. The van der Waals surface area contributed by atoms with Crippen molar-refractivity contribution in [1.82, 2.24) is 0 Å². The molecule has 0 aliphatic rings. The van der Waals surface area contributed by atoms with E-state index in [1.54, 1.807) is 0 Å². The van der Waals surface area contributed by atoms with Crippen LogP contribution < -0.4 is 9.47 Å². The van der Waals surface area contributed by atoms with Gasteiger partial charge < -0.3 is 9.47 Å². The van der Waals surface area contributed by atoms with Crippen molar-refractivity contribution in [2.75, 3.05) is 0 Å². The van der Waals surface area contributed by atoms with Crippen LogP contribution in [0.1, 0.15) is 52.7 Å². The molecule has 18 heavy (non-hydrogen) atoms. The van der Waals surface area contributed by atoms with E-state index in [0.717, 1.165) is 22.6 Å². The Labute approximate surface area is 111 Å². The van der Waals surface area contributed by atoms with E-state index in [-0.39, 0.29) is 11.2 Å². The van der Waals surface area contributed by atoms with E-state index in [1.807, 2.05) is 0 Å². The van der Waals surface area contributed by atoms with Gasteiger partial charge in [-0.1, -0.05) is 0 Å². The summed E-state index contributed by atoms with van der Waals surface area (Å²) in [5.74, 6) is 1.86. The Morgan fingerprint density at radius 2 is 0.944 bits per heavy atom. The lowest BCUT2D eigenvalue weighted by Gasteiger charge is -2.26. The molecule has 0 aliphatic heterocycles. The lowest BCUT2D eigenvalue weighted by Crippen LogP contribution is -2.25. The Hall–Kier alpha value is -1.18. The summed E-state index contributed by atoms with van der Waals surface area (Å²) in [5, 5.41) is 0. The lowest BCUT2D eigenvalue weighted by molar-refractivity contribution is 0.123. The zero-order valence-corrected chi connectivity index (χ0v) is 13.0. The second-order valence-corrected chi connectivity index (χ2v) is 6.81. The Morgan fingerprint density at radius 1 is 0.667 bits per heavy atom. The van der Waals surface area contributed by atoms with Crippen LogP contribution in [0.15, 0.2) is 12.1 Å². The van der Waals surface area contributed by atoms with Crippen molar-refractivity contribution in [3.05, 3.63) is 23.3 Å². The Bertz CT molecular complexity index is 378. The molecule has 0 spiro atoms. The summed E-state index contributed by atoms with van der Waals surface area (Å²) < 4.78 is 11.9. The molecule has 1 aromatic carbocycles. The molecular weight excluding hydrogens is 224 g/mol. The van der Waals surface area contributed by atoms with E-state index < -0.39 is 0 Å². The van der Waals surface area contributed by atoms with Crippen LogP contribution in [0.25, 0.3) is 0 Å². The zero-order valence-electron chi connectivity index (χ0n) is 13.0. The normalized spacial score (nSPS) is 12.4. The van der Waals surface area contributed by atoms with Crippen LogP contribution in [0.5, 0.6) is 11.5 Å². The average molecular weight is 250 g/mol. The standard InChI is InChI=1S/C16H26O2/c1-11-9-14(18-16(6,7)8)12(2)10-13(11)17-15(3,4)5/h9-10H,1-8H3. The quantitative estimate of drug-likeness (QED) is 0.760. The van der Waals surface area contributed by atoms with Gasteiger partial charge in [-0.3, -0.25) is 0 Å². The van der Waals surface area contributed by atoms with Crippen LogP contribution in [-0.4, -0.2) is 11.2 Å². The van der Waals surface area contributed by atoms with Gasteiger partial charge >= 0.3 is 0 Å². The third kappa shape index (κ3) is 4.59. The summed E-state index contributed by atoms with van der Waals surface area (Å²) in [7, 11) is 0. The summed E-state index contributed by atoms with van der Waals surface area (Å²) >= 11 is 0. The fourth-order valence-electron chi connectivity index (χ4n) is 1.64. The summed E-state index contributed by atoms with van der Waals surface area (Å²) in [6, 6.07) is 4.11. The molecule has 0 heterocycles. The first-order chi connectivity index (χ1) is 7.98. The van der Waals surface area contributed by atoms with E-state index in [1.165, 1.54) is 0 Å². The molecular formula is C16H26O2. The molecule has 0 N–H and O–H groups in total. The number of hydrogen-bond donors (Lipinski definition) is 0. The zero-order chi connectivity index (χ0) is 14.1. The summed E-state index contributed by atoms with van der Waals surface area (Å²) in [6.45, 7) is 16.4. The first-order valence-corrected chi connectivity index (χ1v) is 6.47. The number of rotatable bonds is 2. The molecule has 1 aromatic rings. The molecule has 0 atom stereocenters. The third-order valence-electron chi connectivity index (χ3n) is 2.30. The molecule has 0 unspecified atom stereocenters. The monoisotopic (exact) mass is 250 g/mol. The molecule has 102 valence electrons. The minimum absolute atomic E-state index is 0.177. The predicted molar refractivity (Wildman–Crippen MR) is 76.7 cm³/mol. The SMILES string of the molecule is Cc1cc(OC(C)(C)C)c(C)cc1OC(C)(C)C. The van der Waals surface area contributed by atoms with Crippen LogP contribution in [0, 0.1) is 13.8 Å². The number of hydrogen-bond acceptors (Lipinski definition) is 2. The van der Waals surface area contributed by atoms with Crippen LogP contribution in [0.2, 0.25) is 0 Å². The van der Waals surface area contributed by atoms with E-state index in [2.05, 4.69) is 67.5 Å². The maximum absolute atomic E-state index is 5.94. The largest absolute Gasteiger partial charge is 0.488 e. The van der Waals surface area contributed by atoms with Gasteiger partial charge in [0.05, 0.1) is 0 Å². The Kier molecular flexibility index (Phi) is 3.99. The van der Waals surface area contributed by atoms with Crippen molar-refractivity contribution < 1.29 is 9.47 Å². The molecule has 0 saturated carbocycles. The number of benzene rings is 1. The van der Waals surface area contributed by atoms with E-state index in [0.29, 0.717) is 0 Å². The molecule has 0 bridgehead atoms. The minimum atomic E-state index is -0.177. The summed E-state index contributed by atoms with van der Waals surface area (Å²) in [6.07, 6.45) is 0. The van der Waals surface area contributed by atoms with Gasteiger partial charge in [0.25, 0.3) is 0 Å². The van der Waals surface area contributed by atoms with Gasteiger partial charge in [-0.15, -0.1) is 0 Å². The second kappa shape index (κ2) is 4.83. The van der Waals surface area contributed by atoms with Crippen molar-refractivity contribution in [3.8, 4) is 11.5 Å². The van der Waals surface area contributed by atoms with Gasteiger partial charge in [0.15, 0.2) is 0 Å². The van der Waals surface area contributed by atoms with Crippen LogP contribution in [0.4, 0.5) is 0 Å². The van der Waals surface area contributed by atoms with E-state index >= 15 is 0 Å². The van der Waals surface area contributed by atoms with Gasteiger partial charge in [0, 0.05) is 0 Å². The van der Waals surface area contributed by atoms with Crippen LogP contribution >= 0.6 is 0 Å². The number of aryl methyl sites for hydroxylation is 2. The van der Waals surface area contributed by atoms with Gasteiger partial charge in [-0.05, 0) is 78.6 Å². The maximum atomic E-state index is 5.94. The molecule has 0 fully saturated rings. The van der Waals surface area contributed by atoms with Gasteiger partial charge in [-0.2, -0.15) is 0 Å². The molecule has 0 radical (unpaired) electrons. The van der Waals surface area contributed by atoms with Crippen molar-refractivity contribution in [2.45, 2.75) is 66.6 Å². The fraction of sp³-hybridized carbons (Fsp3) is 0.625. The van der Waals surface area contributed by atoms with E-state index in [4.69, 9.17) is 9.47 Å². The summed E-state index contributed by atoms with van der Waals surface area (Å²) in [5.41, 5.74) is 1.86. The molecule has 2 heteroatoms. The number of ether oxygens (including phenoxy) is 2. The molecule has 0 aromatic heterocycles. The van der Waals surface area contributed by atoms with E-state index in [9.17, 15) is 0 Å². The average Bonchev–Trinajstić information content (AvgIpc) is 2.08. The Balaban J connectivity index is 3.05. The third-order valence-corrected chi connectivity index (χ3v) is 2.30. The Morgan fingerprint density at radius 3 is 1.17 bits per heavy atom. The van der Waals surface area contributed by atoms with Crippen molar-refractivity contribution in [1.29, 1.82) is 0 Å². The molecule has 0 amide bonds. The van der Waals surface area contributed by atoms with Crippen molar-refractivity contribution in [3.63, 3.8) is 0 Å².